The molecule has 0 spiro atoms. The highest BCUT2D eigenvalue weighted by molar-refractivity contribution is 5.16. The van der Waals surface area contributed by atoms with Gasteiger partial charge in [-0.15, -0.1) is 0 Å². The lowest BCUT2D eigenvalue weighted by molar-refractivity contribution is -0.374. The van der Waals surface area contributed by atoms with Crippen LogP contribution in [0.2, 0.25) is 0 Å². The van der Waals surface area contributed by atoms with Crippen LogP contribution in [0, 0.1) is 0 Å². The van der Waals surface area contributed by atoms with Gasteiger partial charge in [-0.2, -0.15) is 0 Å². The lowest BCUT2D eigenvalue weighted by atomic mass is 9.96. The van der Waals surface area contributed by atoms with Crippen molar-refractivity contribution in [3.05, 3.63) is 35.9 Å². The summed E-state index contributed by atoms with van der Waals surface area (Å²) >= 11 is 0. The van der Waals surface area contributed by atoms with Gasteiger partial charge in [0.05, 0.1) is 13.2 Å². The molecule has 0 radical (unpaired) electrons. The van der Waals surface area contributed by atoms with Crippen LogP contribution in [0.15, 0.2) is 30.3 Å². The standard InChI is InChI=1S/C33H50O11/c1-7-9-16-34-25-23-21(18-36-29(40-23)20-14-12-11-13-15-20)38-30(27(25)35-17-10-8-2)37-19-22-24-26(42-32(3,4)41-24)28-31(39-22)44-33(5,6)43-28/h11-15,21-31H,7-10,16-19H2,1-6H3. The predicted molar refractivity (Wildman–Crippen MR) is 156 cm³/mol. The lowest BCUT2D eigenvalue weighted by Gasteiger charge is -2.49. The molecule has 5 saturated heterocycles. The quantitative estimate of drug-likeness (QED) is 0.306. The molecule has 0 aliphatic carbocycles. The fraction of sp³-hybridized carbons (Fsp3) is 0.818. The zero-order valence-electron chi connectivity index (χ0n) is 26.9. The largest absolute Gasteiger partial charge is 0.372 e. The molecule has 1 aromatic rings. The summed E-state index contributed by atoms with van der Waals surface area (Å²) < 4.78 is 70.1. The fourth-order valence-corrected chi connectivity index (χ4v) is 6.57. The monoisotopic (exact) mass is 622 g/mol. The molecule has 248 valence electrons. The average Bonchev–Trinajstić information content (AvgIpc) is 3.50. The van der Waals surface area contributed by atoms with E-state index in [1.807, 2.05) is 58.0 Å². The second kappa shape index (κ2) is 13.9. The van der Waals surface area contributed by atoms with Gasteiger partial charge in [0.2, 0.25) is 0 Å². The SMILES string of the molecule is CCCCOC1C(OCC2OC3OC(C)(C)OC3C3OC(C)(C)OC23)OC2COC(c3ccccc3)OC2C1OCCCC. The zero-order valence-corrected chi connectivity index (χ0v) is 26.9. The number of hydrogen-bond acceptors (Lipinski definition) is 11. The third-order valence-electron chi connectivity index (χ3n) is 8.65. The second-order valence-corrected chi connectivity index (χ2v) is 13.1. The Hall–Kier alpha value is -1.22. The van der Waals surface area contributed by atoms with Crippen molar-refractivity contribution in [3.8, 4) is 0 Å². The van der Waals surface area contributed by atoms with E-state index in [-0.39, 0.29) is 12.7 Å². The van der Waals surface area contributed by atoms with Gasteiger partial charge in [-0.1, -0.05) is 57.0 Å². The first-order valence-corrected chi connectivity index (χ1v) is 16.4. The van der Waals surface area contributed by atoms with Crippen molar-refractivity contribution in [2.24, 2.45) is 0 Å². The molecular formula is C33H50O11. The Labute approximate surface area is 261 Å². The molecule has 5 aliphatic heterocycles. The summed E-state index contributed by atoms with van der Waals surface area (Å²) in [5.74, 6) is -1.60. The third-order valence-corrected chi connectivity index (χ3v) is 8.65. The maximum Gasteiger partial charge on any atom is 0.190 e. The van der Waals surface area contributed by atoms with Crippen molar-refractivity contribution in [2.75, 3.05) is 26.4 Å². The molecule has 11 heteroatoms. The zero-order chi connectivity index (χ0) is 30.9. The molecule has 5 aliphatic rings. The van der Waals surface area contributed by atoms with Crippen molar-refractivity contribution in [1.29, 1.82) is 0 Å². The molecule has 0 N–H and O–H groups in total. The molecule has 0 amide bonds. The summed E-state index contributed by atoms with van der Waals surface area (Å²) in [6, 6.07) is 9.93. The Bertz CT molecular complexity index is 1050. The number of fused-ring (bicyclic) bond motifs is 4. The van der Waals surface area contributed by atoms with Crippen molar-refractivity contribution < 1.29 is 52.1 Å². The van der Waals surface area contributed by atoms with Gasteiger partial charge < -0.3 is 52.1 Å². The molecule has 44 heavy (non-hydrogen) atoms. The molecule has 11 unspecified atom stereocenters. The smallest absolute Gasteiger partial charge is 0.190 e. The van der Waals surface area contributed by atoms with E-state index < -0.39 is 73.2 Å². The van der Waals surface area contributed by atoms with E-state index in [9.17, 15) is 0 Å². The van der Waals surface area contributed by atoms with Crippen LogP contribution in [0.1, 0.15) is 79.1 Å². The maximum absolute atomic E-state index is 6.56. The topological polar surface area (TPSA) is 102 Å². The van der Waals surface area contributed by atoms with Gasteiger partial charge in [0.25, 0.3) is 0 Å². The Kier molecular flexibility index (Phi) is 10.3. The first kappa shape index (κ1) is 32.7. The molecule has 1 aromatic carbocycles. The fourth-order valence-electron chi connectivity index (χ4n) is 6.57. The van der Waals surface area contributed by atoms with E-state index in [1.165, 1.54) is 0 Å². The Morgan fingerprint density at radius 1 is 0.705 bits per heavy atom. The third kappa shape index (κ3) is 7.18. The van der Waals surface area contributed by atoms with Gasteiger partial charge in [-0.05, 0) is 40.5 Å². The number of rotatable bonds is 12. The molecule has 0 bridgehead atoms. The van der Waals surface area contributed by atoms with Crippen LogP contribution >= 0.6 is 0 Å². The van der Waals surface area contributed by atoms with Crippen molar-refractivity contribution >= 4 is 0 Å². The van der Waals surface area contributed by atoms with E-state index in [0.29, 0.717) is 19.8 Å². The Morgan fingerprint density at radius 2 is 1.36 bits per heavy atom. The van der Waals surface area contributed by atoms with Gasteiger partial charge in [-0.3, -0.25) is 0 Å². The second-order valence-electron chi connectivity index (χ2n) is 13.1. The summed E-state index contributed by atoms with van der Waals surface area (Å²) in [6.45, 7) is 13.4. The minimum atomic E-state index is -0.799. The minimum Gasteiger partial charge on any atom is -0.372 e. The van der Waals surface area contributed by atoms with Crippen molar-refractivity contribution in [1.82, 2.24) is 0 Å². The number of benzene rings is 1. The van der Waals surface area contributed by atoms with Gasteiger partial charge in [0.15, 0.2) is 30.4 Å². The van der Waals surface area contributed by atoms with Crippen LogP contribution in [0.25, 0.3) is 0 Å². The van der Waals surface area contributed by atoms with Crippen LogP contribution < -0.4 is 0 Å². The summed E-state index contributed by atoms with van der Waals surface area (Å²) in [6.07, 6.45) is -1.44. The highest BCUT2D eigenvalue weighted by atomic mass is 16.9. The van der Waals surface area contributed by atoms with Gasteiger partial charge in [0, 0.05) is 18.8 Å². The summed E-state index contributed by atoms with van der Waals surface area (Å²) in [5.41, 5.74) is 0.949. The summed E-state index contributed by atoms with van der Waals surface area (Å²) in [5, 5.41) is 0. The van der Waals surface area contributed by atoms with Gasteiger partial charge >= 0.3 is 0 Å². The first-order valence-electron chi connectivity index (χ1n) is 16.4. The van der Waals surface area contributed by atoms with Crippen LogP contribution in [-0.4, -0.2) is 99.4 Å². The molecule has 5 fully saturated rings. The van der Waals surface area contributed by atoms with Crippen LogP contribution in [0.5, 0.6) is 0 Å². The van der Waals surface area contributed by atoms with Crippen LogP contribution in [0.4, 0.5) is 0 Å². The molecule has 0 aromatic heterocycles. The van der Waals surface area contributed by atoms with E-state index in [2.05, 4.69) is 13.8 Å². The summed E-state index contributed by atoms with van der Waals surface area (Å²) in [4.78, 5) is 0. The Balaban J connectivity index is 1.20. The molecule has 5 heterocycles. The predicted octanol–water partition coefficient (Wildman–Crippen LogP) is 4.61. The van der Waals surface area contributed by atoms with E-state index in [4.69, 9.17) is 52.1 Å². The van der Waals surface area contributed by atoms with E-state index in [0.717, 1.165) is 31.2 Å². The van der Waals surface area contributed by atoms with E-state index >= 15 is 0 Å². The molecule has 11 atom stereocenters. The minimum absolute atomic E-state index is 0.166. The molecule has 11 nitrogen and oxygen atoms in total. The van der Waals surface area contributed by atoms with Gasteiger partial charge in [-0.25, -0.2) is 0 Å². The highest BCUT2D eigenvalue weighted by Gasteiger charge is 2.61. The number of hydrogen-bond donors (Lipinski definition) is 0. The van der Waals surface area contributed by atoms with E-state index in [1.54, 1.807) is 0 Å². The van der Waals surface area contributed by atoms with Gasteiger partial charge in [0.1, 0.15) is 48.8 Å². The lowest BCUT2D eigenvalue weighted by Crippen LogP contribution is -2.64. The Morgan fingerprint density at radius 3 is 2.09 bits per heavy atom. The molecular weight excluding hydrogens is 572 g/mol. The average molecular weight is 623 g/mol. The van der Waals surface area contributed by atoms with Crippen molar-refractivity contribution in [3.63, 3.8) is 0 Å². The summed E-state index contributed by atoms with van der Waals surface area (Å²) in [7, 11) is 0. The highest BCUT2D eigenvalue weighted by Crippen LogP contribution is 2.44. The van der Waals surface area contributed by atoms with Crippen molar-refractivity contribution in [2.45, 2.75) is 147 Å². The maximum atomic E-state index is 6.56. The number of unbranched alkanes of at least 4 members (excludes halogenated alkanes) is 2. The normalized spacial score (nSPS) is 40.7. The molecule has 6 rings (SSSR count). The van der Waals surface area contributed by atoms with Crippen LogP contribution in [0.3, 0.4) is 0 Å². The number of ether oxygens (including phenoxy) is 11. The first-order chi connectivity index (χ1) is 21.2. The van der Waals surface area contributed by atoms with Crippen LogP contribution in [-0.2, 0) is 52.1 Å². The molecule has 0 saturated carbocycles.